The van der Waals surface area contributed by atoms with Gasteiger partial charge in [0.25, 0.3) is 0 Å². The Labute approximate surface area is 123 Å². The topological polar surface area (TPSA) is 29.9 Å². The van der Waals surface area contributed by atoms with E-state index in [1.54, 1.807) is 0 Å². The summed E-state index contributed by atoms with van der Waals surface area (Å²) in [5.41, 5.74) is 4.26. The molecule has 20 heavy (non-hydrogen) atoms. The number of nitrogens with one attached hydrogen (secondary N) is 1. The standard InChI is InChI=1S/C16H16ClN3/c1-11-7-8-12(9-13(11)17)18-10-16-19-14-5-3-4-6-15(14)20(16)2/h3-9,18H,10H2,1-2H3. The number of hydrogen-bond donors (Lipinski definition) is 1. The number of hydrogen-bond acceptors (Lipinski definition) is 2. The second-order valence-electron chi connectivity index (χ2n) is 4.89. The number of rotatable bonds is 3. The van der Waals surface area contributed by atoms with Gasteiger partial charge in [0.05, 0.1) is 17.6 Å². The molecule has 0 aliphatic carbocycles. The van der Waals surface area contributed by atoms with Gasteiger partial charge in [-0.05, 0) is 36.8 Å². The predicted octanol–water partition coefficient (Wildman–Crippen LogP) is 4.15. The van der Waals surface area contributed by atoms with Crippen LogP contribution in [-0.2, 0) is 13.6 Å². The van der Waals surface area contributed by atoms with E-state index < -0.39 is 0 Å². The summed E-state index contributed by atoms with van der Waals surface area (Å²) in [6, 6.07) is 14.1. The van der Waals surface area contributed by atoms with Crippen LogP contribution in [0, 0.1) is 6.92 Å². The second-order valence-corrected chi connectivity index (χ2v) is 5.30. The molecule has 0 unspecified atom stereocenters. The molecular weight excluding hydrogens is 270 g/mol. The minimum absolute atomic E-state index is 0.671. The molecule has 3 aromatic rings. The molecule has 1 aromatic heterocycles. The fraction of sp³-hybridized carbons (Fsp3) is 0.188. The van der Waals surface area contributed by atoms with Crippen LogP contribution < -0.4 is 5.32 Å². The lowest BCUT2D eigenvalue weighted by atomic mass is 10.2. The van der Waals surface area contributed by atoms with E-state index in [0.29, 0.717) is 6.54 Å². The van der Waals surface area contributed by atoms with Crippen molar-refractivity contribution in [2.45, 2.75) is 13.5 Å². The van der Waals surface area contributed by atoms with E-state index in [-0.39, 0.29) is 0 Å². The molecule has 102 valence electrons. The molecule has 1 N–H and O–H groups in total. The minimum atomic E-state index is 0.671. The van der Waals surface area contributed by atoms with Crippen LogP contribution in [-0.4, -0.2) is 9.55 Å². The van der Waals surface area contributed by atoms with Crippen LogP contribution in [0.15, 0.2) is 42.5 Å². The Bertz CT molecular complexity index is 762. The lowest BCUT2D eigenvalue weighted by Crippen LogP contribution is -2.05. The van der Waals surface area contributed by atoms with Crippen molar-refractivity contribution < 1.29 is 0 Å². The summed E-state index contributed by atoms with van der Waals surface area (Å²) in [5.74, 6) is 1.00. The van der Waals surface area contributed by atoms with Crippen molar-refractivity contribution in [3.8, 4) is 0 Å². The van der Waals surface area contributed by atoms with Crippen molar-refractivity contribution in [3.63, 3.8) is 0 Å². The summed E-state index contributed by atoms with van der Waals surface area (Å²) in [7, 11) is 2.04. The molecule has 3 rings (SSSR count). The summed E-state index contributed by atoms with van der Waals surface area (Å²) in [6.07, 6.45) is 0. The summed E-state index contributed by atoms with van der Waals surface area (Å²) >= 11 is 6.13. The Morgan fingerprint density at radius 2 is 2.00 bits per heavy atom. The van der Waals surface area contributed by atoms with Crippen molar-refractivity contribution >= 4 is 28.3 Å². The highest BCUT2D eigenvalue weighted by atomic mass is 35.5. The highest BCUT2D eigenvalue weighted by molar-refractivity contribution is 6.31. The molecule has 0 atom stereocenters. The van der Waals surface area contributed by atoms with Gasteiger partial charge >= 0.3 is 0 Å². The van der Waals surface area contributed by atoms with Crippen molar-refractivity contribution in [2.24, 2.45) is 7.05 Å². The average molecular weight is 286 g/mol. The van der Waals surface area contributed by atoms with E-state index in [4.69, 9.17) is 11.6 Å². The van der Waals surface area contributed by atoms with E-state index in [1.165, 1.54) is 0 Å². The number of halogens is 1. The van der Waals surface area contributed by atoms with Gasteiger partial charge in [0.2, 0.25) is 0 Å². The molecule has 0 fully saturated rings. The third-order valence-electron chi connectivity index (χ3n) is 3.50. The lowest BCUT2D eigenvalue weighted by Gasteiger charge is -2.08. The first-order valence-electron chi connectivity index (χ1n) is 6.55. The van der Waals surface area contributed by atoms with Crippen molar-refractivity contribution in [2.75, 3.05) is 5.32 Å². The number of benzene rings is 2. The summed E-state index contributed by atoms with van der Waals surface area (Å²) in [5, 5.41) is 4.14. The maximum atomic E-state index is 6.13. The van der Waals surface area contributed by atoms with Gasteiger partial charge in [-0.1, -0.05) is 29.8 Å². The van der Waals surface area contributed by atoms with Crippen LogP contribution in [0.5, 0.6) is 0 Å². The lowest BCUT2D eigenvalue weighted by molar-refractivity contribution is 0.834. The Kier molecular flexibility index (Phi) is 3.36. The fourth-order valence-corrected chi connectivity index (χ4v) is 2.42. The van der Waals surface area contributed by atoms with Crippen molar-refractivity contribution in [1.29, 1.82) is 0 Å². The molecule has 0 saturated heterocycles. The number of anilines is 1. The summed E-state index contributed by atoms with van der Waals surface area (Å²) < 4.78 is 2.11. The van der Waals surface area contributed by atoms with Gasteiger partial charge in [-0.2, -0.15) is 0 Å². The Hall–Kier alpha value is -2.00. The van der Waals surface area contributed by atoms with Crippen LogP contribution in [0.3, 0.4) is 0 Å². The first-order chi connectivity index (χ1) is 9.65. The fourth-order valence-electron chi connectivity index (χ4n) is 2.24. The normalized spacial score (nSPS) is 10.9. The number of imidazole rings is 1. The zero-order valence-electron chi connectivity index (χ0n) is 11.5. The van der Waals surface area contributed by atoms with Gasteiger partial charge in [0, 0.05) is 17.8 Å². The van der Waals surface area contributed by atoms with E-state index in [2.05, 4.69) is 20.9 Å². The molecule has 3 nitrogen and oxygen atoms in total. The van der Waals surface area contributed by atoms with Crippen molar-refractivity contribution in [1.82, 2.24) is 9.55 Å². The van der Waals surface area contributed by atoms with Crippen LogP contribution in [0.2, 0.25) is 5.02 Å². The largest absolute Gasteiger partial charge is 0.378 e. The van der Waals surface area contributed by atoms with Gasteiger partial charge in [0.1, 0.15) is 5.82 Å². The monoisotopic (exact) mass is 285 g/mol. The van der Waals surface area contributed by atoms with Gasteiger partial charge < -0.3 is 9.88 Å². The Morgan fingerprint density at radius 1 is 1.20 bits per heavy atom. The van der Waals surface area contributed by atoms with Crippen molar-refractivity contribution in [3.05, 3.63) is 58.9 Å². The predicted molar refractivity (Wildman–Crippen MR) is 84.2 cm³/mol. The van der Waals surface area contributed by atoms with Crippen LogP contribution in [0.1, 0.15) is 11.4 Å². The van der Waals surface area contributed by atoms with Gasteiger partial charge in [0.15, 0.2) is 0 Å². The third kappa shape index (κ3) is 2.37. The van der Waals surface area contributed by atoms with Crippen LogP contribution in [0.25, 0.3) is 11.0 Å². The first kappa shape index (κ1) is 13.0. The van der Waals surface area contributed by atoms with E-state index in [0.717, 1.165) is 33.1 Å². The third-order valence-corrected chi connectivity index (χ3v) is 3.91. The van der Waals surface area contributed by atoms with Gasteiger partial charge in [-0.3, -0.25) is 0 Å². The zero-order chi connectivity index (χ0) is 14.1. The van der Waals surface area contributed by atoms with Crippen LogP contribution >= 0.6 is 11.6 Å². The number of fused-ring (bicyclic) bond motifs is 1. The van der Waals surface area contributed by atoms with E-state index in [9.17, 15) is 0 Å². The quantitative estimate of drug-likeness (QED) is 0.783. The second kappa shape index (κ2) is 5.17. The SMILES string of the molecule is Cc1ccc(NCc2nc3ccccc3n2C)cc1Cl. The molecular formula is C16H16ClN3. The number of para-hydroxylation sites is 2. The zero-order valence-corrected chi connectivity index (χ0v) is 12.3. The molecule has 0 saturated carbocycles. The molecule has 0 amide bonds. The molecule has 0 spiro atoms. The maximum absolute atomic E-state index is 6.13. The molecule has 0 bridgehead atoms. The summed E-state index contributed by atoms with van der Waals surface area (Å²) in [4.78, 5) is 4.63. The molecule has 0 aliphatic heterocycles. The van der Waals surface area contributed by atoms with E-state index in [1.807, 2.05) is 50.4 Å². The first-order valence-corrected chi connectivity index (χ1v) is 6.93. The maximum Gasteiger partial charge on any atom is 0.128 e. The van der Waals surface area contributed by atoms with E-state index >= 15 is 0 Å². The Morgan fingerprint density at radius 3 is 2.75 bits per heavy atom. The highest BCUT2D eigenvalue weighted by Gasteiger charge is 2.06. The van der Waals surface area contributed by atoms with Gasteiger partial charge in [-0.15, -0.1) is 0 Å². The smallest absolute Gasteiger partial charge is 0.128 e. The minimum Gasteiger partial charge on any atom is -0.378 e. The Balaban J connectivity index is 1.83. The molecule has 0 aliphatic rings. The molecule has 1 heterocycles. The molecule has 4 heteroatoms. The van der Waals surface area contributed by atoms with Crippen LogP contribution in [0.4, 0.5) is 5.69 Å². The number of aryl methyl sites for hydroxylation is 2. The number of aromatic nitrogens is 2. The highest BCUT2D eigenvalue weighted by Crippen LogP contribution is 2.21. The number of nitrogens with zero attached hydrogens (tertiary/aromatic N) is 2. The molecule has 2 aromatic carbocycles. The summed E-state index contributed by atoms with van der Waals surface area (Å²) in [6.45, 7) is 2.67. The molecule has 0 radical (unpaired) electrons. The van der Waals surface area contributed by atoms with Gasteiger partial charge in [-0.25, -0.2) is 4.98 Å². The average Bonchev–Trinajstić information content (AvgIpc) is 2.77.